The van der Waals surface area contributed by atoms with Gasteiger partial charge in [-0.3, -0.25) is 0 Å². The van der Waals surface area contributed by atoms with Gasteiger partial charge in [-0.05, 0) is 12.3 Å². The number of nitrogens with two attached hydrogens (primary N) is 1. The minimum Gasteiger partial charge on any atom is -0.394 e. The van der Waals surface area contributed by atoms with E-state index < -0.39 is 0 Å². The zero-order valence-corrected chi connectivity index (χ0v) is 7.58. The van der Waals surface area contributed by atoms with E-state index in [0.717, 1.165) is 6.42 Å². The van der Waals surface area contributed by atoms with Gasteiger partial charge in [0.1, 0.15) is 0 Å². The quantitative estimate of drug-likeness (QED) is 0.612. The maximum absolute atomic E-state index is 8.80. The lowest BCUT2D eigenvalue weighted by molar-refractivity contribution is 0.0267. The first-order chi connectivity index (χ1) is 5.11. The molecule has 0 aromatic carbocycles. The van der Waals surface area contributed by atoms with Crippen molar-refractivity contribution in [3.05, 3.63) is 0 Å². The summed E-state index contributed by atoms with van der Waals surface area (Å²) in [5.74, 6) is 0.550. The van der Waals surface area contributed by atoms with Crippen molar-refractivity contribution in [3.63, 3.8) is 0 Å². The molecule has 0 amide bonds. The zero-order chi connectivity index (χ0) is 8.85. The van der Waals surface area contributed by atoms with E-state index >= 15 is 0 Å². The van der Waals surface area contributed by atoms with E-state index in [9.17, 15) is 0 Å². The molecule has 0 saturated heterocycles. The molecular formula is C8H19NO2. The highest BCUT2D eigenvalue weighted by atomic mass is 16.5. The van der Waals surface area contributed by atoms with Crippen LogP contribution >= 0.6 is 0 Å². The van der Waals surface area contributed by atoms with Crippen LogP contribution in [0, 0.1) is 5.92 Å². The van der Waals surface area contributed by atoms with Crippen LogP contribution in [-0.2, 0) is 4.74 Å². The third-order valence-electron chi connectivity index (χ3n) is 1.70. The molecule has 0 bridgehead atoms. The molecule has 3 nitrogen and oxygen atoms in total. The predicted octanol–water partition coefficient (Wildman–Crippen LogP) is 0.367. The summed E-state index contributed by atoms with van der Waals surface area (Å²) in [6.45, 7) is 4.21. The highest BCUT2D eigenvalue weighted by Crippen LogP contribution is 2.07. The number of hydrogen-bond acceptors (Lipinski definition) is 3. The van der Waals surface area contributed by atoms with E-state index in [0.29, 0.717) is 5.92 Å². The van der Waals surface area contributed by atoms with Crippen molar-refractivity contribution in [1.82, 2.24) is 0 Å². The second-order valence-electron chi connectivity index (χ2n) is 3.25. The van der Waals surface area contributed by atoms with Crippen LogP contribution in [0.4, 0.5) is 0 Å². The predicted molar refractivity (Wildman–Crippen MR) is 45.3 cm³/mol. The van der Waals surface area contributed by atoms with Crippen LogP contribution in [0.3, 0.4) is 0 Å². The molecule has 0 aromatic heterocycles. The summed E-state index contributed by atoms with van der Waals surface area (Å²) < 4.78 is 4.99. The second kappa shape index (κ2) is 5.52. The normalized spacial score (nSPS) is 16.9. The molecule has 3 N–H and O–H groups in total. The average Bonchev–Trinajstić information content (AvgIpc) is 1.88. The van der Waals surface area contributed by atoms with Crippen LogP contribution in [-0.4, -0.2) is 31.0 Å². The Morgan fingerprint density at radius 3 is 2.27 bits per heavy atom. The number of aliphatic hydroxyl groups excluding tert-OH is 1. The molecule has 0 aliphatic rings. The molecule has 0 saturated carbocycles. The maximum Gasteiger partial charge on any atom is 0.0952 e. The van der Waals surface area contributed by atoms with Crippen LogP contribution in [0.1, 0.15) is 20.3 Å². The number of methoxy groups -OCH3 is 1. The average molecular weight is 161 g/mol. The SMILES string of the molecule is COC(CO)C(N)CC(C)C. The summed E-state index contributed by atoms with van der Waals surface area (Å²) >= 11 is 0. The maximum atomic E-state index is 8.80. The summed E-state index contributed by atoms with van der Waals surface area (Å²) in [4.78, 5) is 0. The lowest BCUT2D eigenvalue weighted by atomic mass is 10.0. The van der Waals surface area contributed by atoms with Gasteiger partial charge in [0.25, 0.3) is 0 Å². The molecule has 0 aromatic rings. The highest BCUT2D eigenvalue weighted by molar-refractivity contribution is 4.73. The number of aliphatic hydroxyl groups is 1. The molecule has 2 atom stereocenters. The Kier molecular flexibility index (Phi) is 5.46. The third-order valence-corrected chi connectivity index (χ3v) is 1.70. The standard InChI is InChI=1S/C8H19NO2/c1-6(2)4-7(9)8(5-10)11-3/h6-8,10H,4-5,9H2,1-3H3. The van der Waals surface area contributed by atoms with Gasteiger partial charge in [0.15, 0.2) is 0 Å². The fourth-order valence-electron chi connectivity index (χ4n) is 1.08. The van der Waals surface area contributed by atoms with Gasteiger partial charge in [0.2, 0.25) is 0 Å². The minimum atomic E-state index is -0.211. The van der Waals surface area contributed by atoms with Crippen molar-refractivity contribution >= 4 is 0 Å². The van der Waals surface area contributed by atoms with Gasteiger partial charge in [-0.15, -0.1) is 0 Å². The lowest BCUT2D eigenvalue weighted by Crippen LogP contribution is -2.39. The van der Waals surface area contributed by atoms with Crippen molar-refractivity contribution in [3.8, 4) is 0 Å². The second-order valence-corrected chi connectivity index (χ2v) is 3.25. The molecule has 0 spiro atoms. The van der Waals surface area contributed by atoms with Gasteiger partial charge >= 0.3 is 0 Å². The van der Waals surface area contributed by atoms with E-state index in [4.69, 9.17) is 15.6 Å². The van der Waals surface area contributed by atoms with Crippen molar-refractivity contribution in [2.24, 2.45) is 11.7 Å². The van der Waals surface area contributed by atoms with E-state index in [1.807, 2.05) is 0 Å². The highest BCUT2D eigenvalue weighted by Gasteiger charge is 2.16. The van der Waals surface area contributed by atoms with Gasteiger partial charge in [-0.25, -0.2) is 0 Å². The molecule has 68 valence electrons. The van der Waals surface area contributed by atoms with Crippen LogP contribution in [0.15, 0.2) is 0 Å². The summed E-state index contributed by atoms with van der Waals surface area (Å²) in [5, 5.41) is 8.80. The summed E-state index contributed by atoms with van der Waals surface area (Å²) in [7, 11) is 1.57. The van der Waals surface area contributed by atoms with Crippen LogP contribution in [0.25, 0.3) is 0 Å². The fourth-order valence-corrected chi connectivity index (χ4v) is 1.08. The first-order valence-electron chi connectivity index (χ1n) is 4.01. The Morgan fingerprint density at radius 1 is 1.45 bits per heavy atom. The molecular weight excluding hydrogens is 142 g/mol. The van der Waals surface area contributed by atoms with E-state index in [2.05, 4.69) is 13.8 Å². The van der Waals surface area contributed by atoms with Gasteiger partial charge in [-0.1, -0.05) is 13.8 Å². The topological polar surface area (TPSA) is 55.5 Å². The smallest absolute Gasteiger partial charge is 0.0952 e. The van der Waals surface area contributed by atoms with Gasteiger partial charge in [0, 0.05) is 13.2 Å². The molecule has 0 heterocycles. The van der Waals surface area contributed by atoms with Crippen LogP contribution in [0.5, 0.6) is 0 Å². The van der Waals surface area contributed by atoms with Gasteiger partial charge < -0.3 is 15.6 Å². The van der Waals surface area contributed by atoms with Crippen molar-refractivity contribution in [1.29, 1.82) is 0 Å². The molecule has 0 rings (SSSR count). The van der Waals surface area contributed by atoms with Crippen molar-refractivity contribution in [2.75, 3.05) is 13.7 Å². The van der Waals surface area contributed by atoms with E-state index in [1.54, 1.807) is 7.11 Å². The Hall–Kier alpha value is -0.120. The van der Waals surface area contributed by atoms with Crippen molar-refractivity contribution < 1.29 is 9.84 Å². The first-order valence-corrected chi connectivity index (χ1v) is 4.01. The lowest BCUT2D eigenvalue weighted by Gasteiger charge is -2.21. The van der Waals surface area contributed by atoms with Gasteiger partial charge in [0.05, 0.1) is 12.7 Å². The molecule has 3 heteroatoms. The monoisotopic (exact) mass is 161 g/mol. The van der Waals surface area contributed by atoms with Crippen molar-refractivity contribution in [2.45, 2.75) is 32.4 Å². The third kappa shape index (κ3) is 4.35. The minimum absolute atomic E-state index is 0.00435. The Balaban J connectivity index is 3.68. The summed E-state index contributed by atoms with van der Waals surface area (Å²) in [6, 6.07) is -0.0509. The molecule has 0 aliphatic heterocycles. The summed E-state index contributed by atoms with van der Waals surface area (Å²) in [6.07, 6.45) is 0.677. The van der Waals surface area contributed by atoms with E-state index in [1.165, 1.54) is 0 Å². The zero-order valence-electron chi connectivity index (χ0n) is 7.58. The Labute approximate surface area is 68.5 Å². The van der Waals surface area contributed by atoms with Crippen LogP contribution in [0.2, 0.25) is 0 Å². The van der Waals surface area contributed by atoms with Gasteiger partial charge in [-0.2, -0.15) is 0 Å². The van der Waals surface area contributed by atoms with Crippen LogP contribution < -0.4 is 5.73 Å². The molecule has 11 heavy (non-hydrogen) atoms. The number of hydrogen-bond donors (Lipinski definition) is 2. The Morgan fingerprint density at radius 2 is 2.00 bits per heavy atom. The Bertz CT molecular complexity index is 92.1. The molecule has 0 radical (unpaired) electrons. The largest absolute Gasteiger partial charge is 0.394 e. The number of ether oxygens (including phenoxy) is 1. The molecule has 2 unspecified atom stereocenters. The summed E-state index contributed by atoms with van der Waals surface area (Å²) in [5.41, 5.74) is 5.75. The fraction of sp³-hybridized carbons (Fsp3) is 1.00. The molecule has 0 fully saturated rings. The molecule has 0 aliphatic carbocycles. The van der Waals surface area contributed by atoms with E-state index in [-0.39, 0.29) is 18.8 Å². The number of rotatable bonds is 5. The first kappa shape index (κ1) is 10.9.